The van der Waals surface area contributed by atoms with E-state index in [4.69, 9.17) is 9.72 Å². The second-order valence-electron chi connectivity index (χ2n) is 13.0. The standard InChI is InChI=1S/C41H39N2O/c1-2-30-26-43(27-38-34-16-8-6-14-32(34)24-33-15-7-9-17-35(33)38)23-21-31(30)25-40(43)41(44-28-29-12-4-3-5-13-29)37-20-22-42-39-19-11-10-18-36(37)39/h2-20,22,24,30-31,40-41H,1,21,23,25-28H2/q+1/t30?,31?,40?,41-,43?/m1/s1. The van der Waals surface area contributed by atoms with Gasteiger partial charge < -0.3 is 9.22 Å². The number of para-hydroxylation sites is 1. The molecule has 4 heterocycles. The minimum absolute atomic E-state index is 0.0575. The average molecular weight is 576 g/mol. The minimum atomic E-state index is -0.0575. The van der Waals surface area contributed by atoms with Crippen LogP contribution >= 0.6 is 0 Å². The molecular formula is C41H39N2O+. The molecule has 5 atom stereocenters. The van der Waals surface area contributed by atoms with E-state index < -0.39 is 0 Å². The summed E-state index contributed by atoms with van der Waals surface area (Å²) in [5, 5.41) is 6.58. The summed E-state index contributed by atoms with van der Waals surface area (Å²) in [7, 11) is 0. The minimum Gasteiger partial charge on any atom is -0.363 e. The normalized spacial score (nSPS) is 23.7. The van der Waals surface area contributed by atoms with Crippen molar-refractivity contribution in [2.45, 2.75) is 38.1 Å². The molecule has 0 aliphatic carbocycles. The number of benzene rings is 5. The predicted molar refractivity (Wildman–Crippen MR) is 181 cm³/mol. The molecule has 3 saturated heterocycles. The summed E-state index contributed by atoms with van der Waals surface area (Å²) in [5.74, 6) is 1.16. The van der Waals surface area contributed by atoms with Crippen LogP contribution in [-0.2, 0) is 17.9 Å². The Kier molecular flexibility index (Phi) is 7.01. The smallest absolute Gasteiger partial charge is 0.135 e. The quantitative estimate of drug-likeness (QED) is 0.102. The number of hydrogen-bond donors (Lipinski definition) is 0. The van der Waals surface area contributed by atoms with Gasteiger partial charge in [-0.3, -0.25) is 4.98 Å². The highest BCUT2D eigenvalue weighted by Crippen LogP contribution is 2.50. The van der Waals surface area contributed by atoms with E-state index in [0.717, 1.165) is 36.1 Å². The molecule has 3 nitrogen and oxygen atoms in total. The van der Waals surface area contributed by atoms with E-state index in [1.165, 1.54) is 50.0 Å². The molecule has 0 N–H and O–H groups in total. The molecule has 218 valence electrons. The van der Waals surface area contributed by atoms with Crippen LogP contribution in [0.5, 0.6) is 0 Å². The maximum absolute atomic E-state index is 7.15. The third kappa shape index (κ3) is 4.72. The van der Waals surface area contributed by atoms with Crippen molar-refractivity contribution >= 4 is 32.4 Å². The van der Waals surface area contributed by atoms with Crippen molar-refractivity contribution in [2.75, 3.05) is 13.1 Å². The number of piperidine rings is 3. The number of rotatable bonds is 8. The SMILES string of the molecule is C=CC1C[N+]2(Cc3c4ccccc4cc4ccccc34)CCC1CC2[C@H](OCc1ccccc1)c1ccnc2ccccc12. The molecule has 1 aromatic heterocycles. The number of fused-ring (bicyclic) bond motifs is 6. The molecule has 0 saturated carbocycles. The Hall–Kier alpha value is -4.31. The van der Waals surface area contributed by atoms with Crippen molar-refractivity contribution in [3.63, 3.8) is 0 Å². The summed E-state index contributed by atoms with van der Waals surface area (Å²) in [5.41, 5.74) is 4.97. The van der Waals surface area contributed by atoms with Gasteiger partial charge in [0.05, 0.1) is 25.2 Å². The van der Waals surface area contributed by atoms with Crippen molar-refractivity contribution < 1.29 is 9.22 Å². The molecule has 0 radical (unpaired) electrons. The molecule has 3 heteroatoms. The van der Waals surface area contributed by atoms with Crippen LogP contribution in [0.2, 0.25) is 0 Å². The molecule has 5 aromatic carbocycles. The number of ether oxygens (including phenoxy) is 1. The summed E-state index contributed by atoms with van der Waals surface area (Å²) in [6.45, 7) is 8.17. The molecule has 3 aliphatic rings. The predicted octanol–water partition coefficient (Wildman–Crippen LogP) is 9.41. The number of aromatic nitrogens is 1. The first-order valence-corrected chi connectivity index (χ1v) is 16.1. The van der Waals surface area contributed by atoms with Gasteiger partial charge in [0, 0.05) is 35.9 Å². The molecule has 3 aliphatic heterocycles. The molecule has 0 amide bonds. The van der Waals surface area contributed by atoms with E-state index in [2.05, 4.69) is 128 Å². The maximum atomic E-state index is 7.15. The fourth-order valence-corrected chi connectivity index (χ4v) is 8.49. The Balaban J connectivity index is 1.30. The third-order valence-corrected chi connectivity index (χ3v) is 10.6. The van der Waals surface area contributed by atoms with Crippen molar-refractivity contribution in [3.8, 4) is 0 Å². The molecule has 44 heavy (non-hydrogen) atoms. The maximum Gasteiger partial charge on any atom is 0.135 e. The highest BCUT2D eigenvalue weighted by Gasteiger charge is 2.55. The van der Waals surface area contributed by atoms with Crippen molar-refractivity contribution in [2.24, 2.45) is 11.8 Å². The van der Waals surface area contributed by atoms with Gasteiger partial charge in [0.2, 0.25) is 0 Å². The van der Waals surface area contributed by atoms with Crippen LogP contribution in [0.4, 0.5) is 0 Å². The average Bonchev–Trinajstić information content (AvgIpc) is 3.09. The molecule has 4 unspecified atom stereocenters. The fourth-order valence-electron chi connectivity index (χ4n) is 8.49. The lowest BCUT2D eigenvalue weighted by molar-refractivity contribution is -0.984. The van der Waals surface area contributed by atoms with E-state index >= 15 is 0 Å². The zero-order valence-corrected chi connectivity index (χ0v) is 25.2. The number of hydrogen-bond acceptors (Lipinski definition) is 2. The summed E-state index contributed by atoms with van der Waals surface area (Å²) in [6.07, 6.45) is 6.53. The van der Waals surface area contributed by atoms with Gasteiger partial charge in [-0.05, 0) is 56.8 Å². The van der Waals surface area contributed by atoms with Crippen LogP contribution in [0.15, 0.2) is 134 Å². The zero-order chi connectivity index (χ0) is 29.5. The number of nitrogens with zero attached hydrogens (tertiary/aromatic N) is 2. The fraction of sp³-hybridized carbons (Fsp3) is 0.244. The monoisotopic (exact) mass is 575 g/mol. The summed E-state index contributed by atoms with van der Waals surface area (Å²) < 4.78 is 8.17. The molecule has 6 aromatic rings. The van der Waals surface area contributed by atoms with Gasteiger partial charge in [0.1, 0.15) is 18.7 Å². The second-order valence-corrected chi connectivity index (χ2v) is 13.0. The molecule has 9 rings (SSSR count). The second kappa shape index (κ2) is 11.3. The lowest BCUT2D eigenvalue weighted by Crippen LogP contribution is -2.67. The first kappa shape index (κ1) is 27.3. The number of pyridine rings is 1. The van der Waals surface area contributed by atoms with Crippen LogP contribution in [0, 0.1) is 11.8 Å². The molecule has 0 spiro atoms. The van der Waals surface area contributed by atoms with E-state index in [0.29, 0.717) is 24.5 Å². The number of quaternary nitrogens is 1. The van der Waals surface area contributed by atoms with Gasteiger partial charge in [-0.2, -0.15) is 0 Å². The largest absolute Gasteiger partial charge is 0.363 e. The topological polar surface area (TPSA) is 22.1 Å². The first-order valence-electron chi connectivity index (χ1n) is 16.1. The van der Waals surface area contributed by atoms with Gasteiger partial charge in [0.15, 0.2) is 0 Å². The van der Waals surface area contributed by atoms with Crippen LogP contribution in [-0.4, -0.2) is 28.6 Å². The summed E-state index contributed by atoms with van der Waals surface area (Å²) in [6, 6.07) is 42.0. The van der Waals surface area contributed by atoms with Crippen molar-refractivity contribution in [3.05, 3.63) is 151 Å². The van der Waals surface area contributed by atoms with Crippen LogP contribution in [0.3, 0.4) is 0 Å². The zero-order valence-electron chi connectivity index (χ0n) is 25.2. The Bertz CT molecular complexity index is 1910. The highest BCUT2D eigenvalue weighted by atomic mass is 16.5. The van der Waals surface area contributed by atoms with E-state index in [-0.39, 0.29) is 6.10 Å². The van der Waals surface area contributed by atoms with Gasteiger partial charge in [0.25, 0.3) is 0 Å². The molecular weight excluding hydrogens is 536 g/mol. The Morgan fingerprint density at radius 3 is 2.25 bits per heavy atom. The third-order valence-electron chi connectivity index (χ3n) is 10.6. The molecule has 2 bridgehead atoms. The van der Waals surface area contributed by atoms with Gasteiger partial charge >= 0.3 is 0 Å². The van der Waals surface area contributed by atoms with E-state index in [1.807, 2.05) is 6.20 Å². The van der Waals surface area contributed by atoms with Crippen LogP contribution < -0.4 is 0 Å². The van der Waals surface area contributed by atoms with Gasteiger partial charge in [-0.15, -0.1) is 6.58 Å². The Morgan fingerprint density at radius 2 is 1.50 bits per heavy atom. The van der Waals surface area contributed by atoms with Crippen molar-refractivity contribution in [1.82, 2.24) is 4.98 Å². The van der Waals surface area contributed by atoms with Gasteiger partial charge in [-0.1, -0.05) is 103 Å². The van der Waals surface area contributed by atoms with Crippen LogP contribution in [0.1, 0.15) is 35.6 Å². The van der Waals surface area contributed by atoms with E-state index in [1.54, 1.807) is 0 Å². The summed E-state index contributed by atoms with van der Waals surface area (Å²) in [4.78, 5) is 4.74. The first-order chi connectivity index (χ1) is 21.7. The lowest BCUT2D eigenvalue weighted by Gasteiger charge is -2.58. The summed E-state index contributed by atoms with van der Waals surface area (Å²) >= 11 is 0. The van der Waals surface area contributed by atoms with Gasteiger partial charge in [-0.25, -0.2) is 0 Å². The Labute approximate surface area is 260 Å². The lowest BCUT2D eigenvalue weighted by atomic mass is 9.70. The van der Waals surface area contributed by atoms with Crippen LogP contribution in [0.25, 0.3) is 32.4 Å². The molecule has 3 fully saturated rings. The van der Waals surface area contributed by atoms with Crippen molar-refractivity contribution in [1.29, 1.82) is 0 Å². The highest BCUT2D eigenvalue weighted by molar-refractivity contribution is 6.02. The van der Waals surface area contributed by atoms with E-state index in [9.17, 15) is 0 Å². The Morgan fingerprint density at radius 1 is 0.818 bits per heavy atom.